The molecule has 3 heterocycles. The van der Waals surface area contributed by atoms with Crippen LogP contribution in [0.2, 0.25) is 0 Å². The molecule has 9 aromatic rings. The lowest BCUT2D eigenvalue weighted by molar-refractivity contribution is 1.29. The first-order valence-electron chi connectivity index (χ1n) is 16.1. The van der Waals surface area contributed by atoms with Gasteiger partial charge in [0.15, 0.2) is 0 Å². The average Bonchev–Trinajstić information content (AvgIpc) is 3.18. The number of rotatable bonds is 5. The summed E-state index contributed by atoms with van der Waals surface area (Å²) in [7, 11) is 0. The third-order valence-corrected chi connectivity index (χ3v) is 8.87. The van der Waals surface area contributed by atoms with Gasteiger partial charge in [-0.3, -0.25) is 0 Å². The number of aromatic nitrogens is 4. The highest BCUT2D eigenvalue weighted by atomic mass is 14.8. The number of fused-ring (bicyclic) bond motifs is 4. The summed E-state index contributed by atoms with van der Waals surface area (Å²) in [6.07, 6.45) is 0. The van der Waals surface area contributed by atoms with Crippen LogP contribution in [-0.2, 0) is 0 Å². The normalized spacial score (nSPS) is 11.3. The minimum absolute atomic E-state index is 0.810. The van der Waals surface area contributed by atoms with Crippen LogP contribution in [0.15, 0.2) is 170 Å². The second kappa shape index (κ2) is 11.7. The smallest absolute Gasteiger partial charge is 0.0988 e. The molecule has 0 spiro atoms. The minimum Gasteiger partial charge on any atom is -0.245 e. The Bertz CT molecular complexity index is 2580. The van der Waals surface area contributed by atoms with Crippen LogP contribution in [0.25, 0.3) is 89.0 Å². The molecular weight excluding hydrogens is 585 g/mol. The number of pyridine rings is 2. The second-order valence-electron chi connectivity index (χ2n) is 11.9. The molecule has 0 N–H and O–H groups in total. The number of nitrogens with zero attached hydrogens (tertiary/aromatic N) is 4. The molecule has 0 amide bonds. The molecular formula is C44H28N4. The lowest BCUT2D eigenvalue weighted by Crippen LogP contribution is -1.98. The Labute approximate surface area is 278 Å². The van der Waals surface area contributed by atoms with Crippen molar-refractivity contribution in [2.24, 2.45) is 0 Å². The molecule has 48 heavy (non-hydrogen) atoms. The Morgan fingerprint density at radius 1 is 0.271 bits per heavy atom. The summed E-state index contributed by atoms with van der Waals surface area (Å²) < 4.78 is 0. The molecule has 9 rings (SSSR count). The molecule has 0 unspecified atom stereocenters. The molecule has 0 aliphatic carbocycles. The van der Waals surface area contributed by atoms with Crippen LogP contribution in [0.3, 0.4) is 0 Å². The Hall–Kier alpha value is -6.52. The number of hydrogen-bond acceptors (Lipinski definition) is 4. The van der Waals surface area contributed by atoms with E-state index in [2.05, 4.69) is 115 Å². The van der Waals surface area contributed by atoms with Gasteiger partial charge in [-0.1, -0.05) is 152 Å². The van der Waals surface area contributed by atoms with Crippen molar-refractivity contribution in [3.63, 3.8) is 0 Å². The van der Waals surface area contributed by atoms with Gasteiger partial charge in [0.2, 0.25) is 0 Å². The van der Waals surface area contributed by atoms with E-state index in [1.165, 1.54) is 5.56 Å². The fourth-order valence-electron chi connectivity index (χ4n) is 6.42. The van der Waals surface area contributed by atoms with Gasteiger partial charge in [0.05, 0.1) is 44.8 Å². The zero-order chi connectivity index (χ0) is 31.9. The third-order valence-electron chi connectivity index (χ3n) is 8.87. The van der Waals surface area contributed by atoms with Gasteiger partial charge in [-0.15, -0.1) is 0 Å². The van der Waals surface area contributed by atoms with Crippen molar-refractivity contribution in [1.29, 1.82) is 0 Å². The molecule has 4 heteroatoms. The summed E-state index contributed by atoms with van der Waals surface area (Å²) in [6, 6.07) is 58.4. The maximum atomic E-state index is 5.38. The van der Waals surface area contributed by atoms with E-state index in [4.69, 9.17) is 19.9 Å². The molecule has 0 bridgehead atoms. The maximum absolute atomic E-state index is 5.38. The number of hydrogen-bond donors (Lipinski definition) is 0. The van der Waals surface area contributed by atoms with Crippen LogP contribution in [0.4, 0.5) is 0 Å². The molecule has 0 radical (unpaired) electrons. The molecule has 6 aromatic carbocycles. The predicted octanol–water partition coefficient (Wildman–Crippen LogP) is 11.1. The number of benzene rings is 6. The van der Waals surface area contributed by atoms with Crippen molar-refractivity contribution in [3.05, 3.63) is 170 Å². The van der Waals surface area contributed by atoms with E-state index in [9.17, 15) is 0 Å². The molecule has 0 aliphatic heterocycles. The third kappa shape index (κ3) is 4.97. The summed E-state index contributed by atoms with van der Waals surface area (Å²) in [5.74, 6) is 0. The summed E-state index contributed by atoms with van der Waals surface area (Å²) in [4.78, 5) is 21.0. The zero-order valence-corrected chi connectivity index (χ0v) is 26.0. The standard InChI is InChI=1S/C44H28N4/c1-4-11-29(12-5-1)30-19-21-33(22-20-30)43-40(32-15-8-3-9-16-32)47-39-18-10-17-36(44(39)48-43)38-28-26-35-24-23-34-25-27-37(31-13-6-2-7-14-31)45-41(34)42(35)46-38/h1-28H. The van der Waals surface area contributed by atoms with Crippen LogP contribution in [0.1, 0.15) is 0 Å². The van der Waals surface area contributed by atoms with Crippen molar-refractivity contribution < 1.29 is 0 Å². The van der Waals surface area contributed by atoms with E-state index < -0.39 is 0 Å². The number of para-hydroxylation sites is 1. The van der Waals surface area contributed by atoms with Crippen LogP contribution in [-0.4, -0.2) is 19.9 Å². The van der Waals surface area contributed by atoms with E-state index in [0.717, 1.165) is 83.4 Å². The SMILES string of the molecule is c1ccc(-c2ccc(-c3nc4c(-c5ccc6ccc7ccc(-c8ccccc8)nc7c6n5)cccc4nc3-c3ccccc3)cc2)cc1. The van der Waals surface area contributed by atoms with E-state index in [1.807, 2.05) is 54.6 Å². The van der Waals surface area contributed by atoms with E-state index in [0.29, 0.717) is 0 Å². The van der Waals surface area contributed by atoms with Gasteiger partial charge in [0.25, 0.3) is 0 Å². The topological polar surface area (TPSA) is 51.6 Å². The molecule has 0 saturated heterocycles. The summed E-state index contributed by atoms with van der Waals surface area (Å²) in [6.45, 7) is 0. The Morgan fingerprint density at radius 2 is 0.750 bits per heavy atom. The lowest BCUT2D eigenvalue weighted by Gasteiger charge is -2.14. The Balaban J connectivity index is 1.23. The van der Waals surface area contributed by atoms with Crippen LogP contribution < -0.4 is 0 Å². The maximum Gasteiger partial charge on any atom is 0.0988 e. The lowest BCUT2D eigenvalue weighted by atomic mass is 9.99. The van der Waals surface area contributed by atoms with Crippen molar-refractivity contribution >= 4 is 32.8 Å². The van der Waals surface area contributed by atoms with E-state index in [-0.39, 0.29) is 0 Å². The van der Waals surface area contributed by atoms with Crippen molar-refractivity contribution in [3.8, 4) is 56.2 Å². The van der Waals surface area contributed by atoms with Gasteiger partial charge >= 0.3 is 0 Å². The molecule has 4 nitrogen and oxygen atoms in total. The fourth-order valence-corrected chi connectivity index (χ4v) is 6.42. The van der Waals surface area contributed by atoms with Crippen molar-refractivity contribution in [2.45, 2.75) is 0 Å². The van der Waals surface area contributed by atoms with E-state index >= 15 is 0 Å². The van der Waals surface area contributed by atoms with Gasteiger partial charge in [0.1, 0.15) is 0 Å². The van der Waals surface area contributed by atoms with Crippen molar-refractivity contribution in [2.75, 3.05) is 0 Å². The average molecular weight is 613 g/mol. The van der Waals surface area contributed by atoms with Gasteiger partial charge in [-0.25, -0.2) is 19.9 Å². The quantitative estimate of drug-likeness (QED) is 0.181. The highest BCUT2D eigenvalue weighted by molar-refractivity contribution is 6.05. The Morgan fingerprint density at radius 3 is 1.42 bits per heavy atom. The fraction of sp³-hybridized carbons (Fsp3) is 0. The monoisotopic (exact) mass is 612 g/mol. The van der Waals surface area contributed by atoms with Gasteiger partial charge in [-0.05, 0) is 29.3 Å². The molecule has 224 valence electrons. The van der Waals surface area contributed by atoms with E-state index in [1.54, 1.807) is 0 Å². The second-order valence-corrected chi connectivity index (χ2v) is 11.9. The van der Waals surface area contributed by atoms with Gasteiger partial charge in [0, 0.05) is 33.0 Å². The van der Waals surface area contributed by atoms with Gasteiger partial charge < -0.3 is 0 Å². The highest BCUT2D eigenvalue weighted by Gasteiger charge is 2.17. The predicted molar refractivity (Wildman–Crippen MR) is 197 cm³/mol. The van der Waals surface area contributed by atoms with Gasteiger partial charge in [-0.2, -0.15) is 0 Å². The zero-order valence-electron chi connectivity index (χ0n) is 26.0. The van der Waals surface area contributed by atoms with Crippen LogP contribution >= 0.6 is 0 Å². The highest BCUT2D eigenvalue weighted by Crippen LogP contribution is 2.36. The van der Waals surface area contributed by atoms with Crippen LogP contribution in [0.5, 0.6) is 0 Å². The Kier molecular flexibility index (Phi) is 6.76. The molecule has 0 fully saturated rings. The first kappa shape index (κ1) is 27.8. The minimum atomic E-state index is 0.810. The molecule has 0 saturated carbocycles. The summed E-state index contributed by atoms with van der Waals surface area (Å²) in [5, 5.41) is 2.10. The summed E-state index contributed by atoms with van der Waals surface area (Å²) in [5.41, 5.74) is 13.2. The molecule has 3 aromatic heterocycles. The van der Waals surface area contributed by atoms with Crippen molar-refractivity contribution in [1.82, 2.24) is 19.9 Å². The summed E-state index contributed by atoms with van der Waals surface area (Å²) >= 11 is 0. The van der Waals surface area contributed by atoms with Crippen LogP contribution in [0, 0.1) is 0 Å². The largest absolute Gasteiger partial charge is 0.245 e. The first-order valence-corrected chi connectivity index (χ1v) is 16.1. The molecule has 0 aliphatic rings. The first-order chi connectivity index (χ1) is 23.8. The molecule has 0 atom stereocenters.